The van der Waals surface area contributed by atoms with Crippen LogP contribution in [0.25, 0.3) is 127 Å². The van der Waals surface area contributed by atoms with E-state index in [1.54, 1.807) is 12.1 Å². The van der Waals surface area contributed by atoms with Crippen LogP contribution in [-0.2, 0) is 0 Å². The fourth-order valence-corrected chi connectivity index (χ4v) is 8.82. The maximum absolute atomic E-state index is 9.28. The summed E-state index contributed by atoms with van der Waals surface area (Å²) in [6.07, 6.45) is 0. The van der Waals surface area contributed by atoms with E-state index < -0.39 is 118 Å². The Morgan fingerprint density at radius 2 is 0.887 bits per heavy atom. The first-order valence-electron chi connectivity index (χ1n) is 26.8. The third-order valence-corrected chi connectivity index (χ3v) is 11.4. The Morgan fingerprint density at radius 1 is 0.371 bits per heavy atom. The molecule has 13 aromatic rings. The molecule has 0 atom stereocenters. The van der Waals surface area contributed by atoms with Crippen molar-refractivity contribution in [3.8, 4) is 62.1 Å². The number of rotatable bonds is 6. The highest BCUT2D eigenvalue weighted by Crippen LogP contribution is 2.47. The van der Waals surface area contributed by atoms with Crippen LogP contribution < -0.4 is 0 Å². The standard InChI is InChI=1S/C57H34N4O/c1-4-15-35(16-5-1)36-29-31-38(32-30-36)56-58-55(37-17-6-2-7-18-37)59-57(60-56)47-27-13-26-46-45-25-12-23-41(53(45)62-54(46)47)39-33-48-43-22-11-10-21-42(43)44-24-14-28-49-51(44)52(48)50(34-39)61(49)40-19-8-3-9-20-40/h1-34H/i1D,2D,4D,5D,6D,7D,15D,16D,17D,18D,29D,30D,31D,32D. The molecule has 13 rings (SSSR count). The van der Waals surface area contributed by atoms with E-state index in [1.807, 2.05) is 54.6 Å². The SMILES string of the molecule is [2H]c1c([2H])c([2H])c(-c2nc(-c3c([2H])c([2H])c(-c4c([2H])c([2H])c([2H])c([2H])c4[2H])c([2H])c3[2H])nc(-c3cccc4c3oc3c(-c5cc6c7ccccc7c7cccc8c7c6c(c5)n8-c5ccccc5)cccc34)n2)c([2H])c1[2H]. The van der Waals surface area contributed by atoms with E-state index in [0.717, 1.165) is 65.6 Å². The van der Waals surface area contributed by atoms with Crippen LogP contribution in [0, 0.1) is 0 Å². The normalized spacial score (nSPS) is 15.0. The Hall–Kier alpha value is -8.41. The third-order valence-electron chi connectivity index (χ3n) is 11.4. The minimum atomic E-state index is -0.770. The summed E-state index contributed by atoms with van der Waals surface area (Å²) in [5, 5.41) is 8.08. The third kappa shape index (κ3) is 5.25. The topological polar surface area (TPSA) is 56.7 Å². The second kappa shape index (κ2) is 13.6. The van der Waals surface area contributed by atoms with Gasteiger partial charge in [0.1, 0.15) is 11.2 Å². The van der Waals surface area contributed by atoms with E-state index in [4.69, 9.17) is 30.8 Å². The van der Waals surface area contributed by atoms with Gasteiger partial charge in [-0.05, 0) is 74.6 Å². The number of fused-ring (bicyclic) bond motifs is 6. The van der Waals surface area contributed by atoms with Crippen molar-refractivity contribution in [3.63, 3.8) is 0 Å². The lowest BCUT2D eigenvalue weighted by molar-refractivity contribution is 0.670. The monoisotopic (exact) mass is 804 g/mol. The largest absolute Gasteiger partial charge is 0.455 e. The first kappa shape index (κ1) is 23.4. The second-order valence-electron chi connectivity index (χ2n) is 14.9. The van der Waals surface area contributed by atoms with Gasteiger partial charge in [0.2, 0.25) is 0 Å². The minimum Gasteiger partial charge on any atom is -0.455 e. The van der Waals surface area contributed by atoms with Crippen molar-refractivity contribution in [2.45, 2.75) is 0 Å². The van der Waals surface area contributed by atoms with Crippen LogP contribution in [0.1, 0.15) is 19.2 Å². The molecule has 0 fully saturated rings. The molecule has 0 radical (unpaired) electrons. The molecule has 0 unspecified atom stereocenters. The van der Waals surface area contributed by atoms with Crippen molar-refractivity contribution in [1.82, 2.24) is 19.5 Å². The lowest BCUT2D eigenvalue weighted by Gasteiger charge is -2.12. The van der Waals surface area contributed by atoms with Gasteiger partial charge in [-0.2, -0.15) is 0 Å². The van der Waals surface area contributed by atoms with Gasteiger partial charge in [0.25, 0.3) is 0 Å². The van der Waals surface area contributed by atoms with E-state index in [2.05, 4.69) is 64.1 Å². The van der Waals surface area contributed by atoms with Crippen LogP contribution in [0.15, 0.2) is 210 Å². The molecule has 62 heavy (non-hydrogen) atoms. The van der Waals surface area contributed by atoms with E-state index in [0.29, 0.717) is 16.6 Å². The minimum absolute atomic E-state index is 0.171. The Bertz CT molecular complexity index is 4620. The molecule has 0 amide bonds. The molecule has 288 valence electrons. The van der Waals surface area contributed by atoms with E-state index in [9.17, 15) is 2.74 Å². The van der Waals surface area contributed by atoms with E-state index >= 15 is 0 Å². The first-order chi connectivity index (χ1) is 36.6. The number of furan rings is 1. The predicted molar refractivity (Wildman–Crippen MR) is 255 cm³/mol. The van der Waals surface area contributed by atoms with Crippen LogP contribution in [-0.4, -0.2) is 19.5 Å². The molecule has 0 bridgehead atoms. The van der Waals surface area contributed by atoms with Crippen LogP contribution >= 0.6 is 0 Å². The maximum atomic E-state index is 9.28. The van der Waals surface area contributed by atoms with Crippen molar-refractivity contribution in [2.75, 3.05) is 0 Å². The Morgan fingerprint density at radius 3 is 1.61 bits per heavy atom. The average molecular weight is 805 g/mol. The molecular weight excluding hydrogens is 757 g/mol. The second-order valence-corrected chi connectivity index (χ2v) is 14.9. The quantitative estimate of drug-likeness (QED) is 0.157. The smallest absolute Gasteiger partial charge is 0.167 e. The summed E-state index contributed by atoms with van der Waals surface area (Å²) in [5.41, 5.74) is 3.73. The van der Waals surface area contributed by atoms with Crippen LogP contribution in [0.2, 0.25) is 0 Å². The van der Waals surface area contributed by atoms with Gasteiger partial charge >= 0.3 is 0 Å². The molecule has 3 heterocycles. The molecule has 3 aromatic heterocycles. The zero-order valence-corrected chi connectivity index (χ0v) is 32.2. The molecule has 5 nitrogen and oxygen atoms in total. The zero-order valence-electron chi connectivity index (χ0n) is 46.2. The summed E-state index contributed by atoms with van der Waals surface area (Å²) in [7, 11) is 0. The van der Waals surface area contributed by atoms with Crippen molar-refractivity contribution >= 4 is 65.3 Å². The Kier molecular flexibility index (Phi) is 5.12. The van der Waals surface area contributed by atoms with Gasteiger partial charge < -0.3 is 8.98 Å². The fraction of sp³-hybridized carbons (Fsp3) is 0. The van der Waals surface area contributed by atoms with Crippen molar-refractivity contribution < 1.29 is 23.6 Å². The Balaban J connectivity index is 1.07. The number of aromatic nitrogens is 4. The molecule has 0 aliphatic heterocycles. The van der Waals surface area contributed by atoms with Crippen molar-refractivity contribution in [2.24, 2.45) is 0 Å². The molecule has 5 heteroatoms. The molecule has 0 saturated heterocycles. The number of benzene rings is 10. The van der Waals surface area contributed by atoms with Crippen molar-refractivity contribution in [3.05, 3.63) is 206 Å². The summed E-state index contributed by atoms with van der Waals surface area (Å²) in [6, 6.07) is 30.5. The number of hydrogen-bond donors (Lipinski definition) is 0. The molecular formula is C57H34N4O. The molecule has 10 aromatic carbocycles. The molecule has 0 spiro atoms. The van der Waals surface area contributed by atoms with Gasteiger partial charge in [-0.25, -0.2) is 15.0 Å². The lowest BCUT2D eigenvalue weighted by atomic mass is 9.92. The number of nitrogens with zero attached hydrogens (tertiary/aromatic N) is 4. The van der Waals surface area contributed by atoms with Crippen LogP contribution in [0.5, 0.6) is 0 Å². The van der Waals surface area contributed by atoms with Crippen molar-refractivity contribution in [1.29, 1.82) is 0 Å². The fourth-order valence-electron chi connectivity index (χ4n) is 8.82. The molecule has 0 aliphatic rings. The molecule has 0 aliphatic carbocycles. The van der Waals surface area contributed by atoms with E-state index in [-0.39, 0.29) is 11.4 Å². The van der Waals surface area contributed by atoms with Gasteiger partial charge in [-0.1, -0.05) is 170 Å². The highest BCUT2D eigenvalue weighted by molar-refractivity contribution is 6.35. The van der Waals surface area contributed by atoms with Gasteiger partial charge in [0.05, 0.1) is 35.8 Å². The first-order valence-corrected chi connectivity index (χ1v) is 19.8. The summed E-state index contributed by atoms with van der Waals surface area (Å²) in [4.78, 5) is 14.0. The summed E-state index contributed by atoms with van der Waals surface area (Å²) >= 11 is 0. The predicted octanol–water partition coefficient (Wildman–Crippen LogP) is 14.9. The molecule has 0 saturated carbocycles. The Labute approximate surface area is 375 Å². The summed E-state index contributed by atoms with van der Waals surface area (Å²) in [5.74, 6) is -1.10. The highest BCUT2D eigenvalue weighted by Gasteiger charge is 2.23. The summed E-state index contributed by atoms with van der Waals surface area (Å²) in [6.45, 7) is 0. The average Bonchev–Trinajstić information content (AvgIpc) is 4.06. The maximum Gasteiger partial charge on any atom is 0.167 e. The van der Waals surface area contributed by atoms with Crippen LogP contribution in [0.4, 0.5) is 0 Å². The lowest BCUT2D eigenvalue weighted by Crippen LogP contribution is -2.00. The van der Waals surface area contributed by atoms with E-state index in [1.165, 1.54) is 0 Å². The summed E-state index contributed by atoms with van der Waals surface area (Å²) < 4.78 is 131. The van der Waals surface area contributed by atoms with Gasteiger partial charge in [-0.15, -0.1) is 0 Å². The number of hydrogen-bond acceptors (Lipinski definition) is 4. The van der Waals surface area contributed by atoms with Gasteiger partial charge in [-0.3, -0.25) is 0 Å². The van der Waals surface area contributed by atoms with Gasteiger partial charge in [0, 0.05) is 43.9 Å². The molecule has 0 N–H and O–H groups in total. The zero-order chi connectivity index (χ0) is 52.9. The van der Waals surface area contributed by atoms with Crippen LogP contribution in [0.3, 0.4) is 0 Å². The van der Waals surface area contributed by atoms with Gasteiger partial charge in [0.15, 0.2) is 17.5 Å². The number of para-hydroxylation sites is 3. The highest BCUT2D eigenvalue weighted by atomic mass is 16.3.